The number of ether oxygens (including phenoxy) is 1. The lowest BCUT2D eigenvalue weighted by atomic mass is 10.2. The van der Waals surface area contributed by atoms with E-state index in [-0.39, 0.29) is 12.5 Å². The molecule has 0 saturated heterocycles. The number of aryl methyl sites for hydroxylation is 1. The van der Waals surface area contributed by atoms with Gasteiger partial charge in [0, 0.05) is 18.1 Å². The topological polar surface area (TPSA) is 56.1 Å². The summed E-state index contributed by atoms with van der Waals surface area (Å²) >= 11 is 0. The van der Waals surface area contributed by atoms with Crippen LogP contribution in [0.15, 0.2) is 67.3 Å². The minimum Gasteiger partial charge on any atom is -0.482 e. The van der Waals surface area contributed by atoms with Crippen LogP contribution in [0, 0.1) is 6.92 Å². The number of imidazole rings is 1. The second kappa shape index (κ2) is 6.79. The number of anilines is 1. The number of hydrogen-bond acceptors (Lipinski definition) is 3. The molecule has 3 aromatic rings. The van der Waals surface area contributed by atoms with Gasteiger partial charge >= 0.3 is 0 Å². The molecule has 0 radical (unpaired) electrons. The van der Waals surface area contributed by atoms with Crippen molar-refractivity contribution in [3.05, 3.63) is 72.8 Å². The molecule has 0 unspecified atom stereocenters. The molecule has 1 N–H and O–H groups in total. The van der Waals surface area contributed by atoms with Gasteiger partial charge in [0.25, 0.3) is 5.91 Å². The lowest BCUT2D eigenvalue weighted by Gasteiger charge is -2.12. The maximum atomic E-state index is 12.1. The molecule has 116 valence electrons. The van der Waals surface area contributed by atoms with Crippen LogP contribution in [0.1, 0.15) is 5.56 Å². The van der Waals surface area contributed by atoms with E-state index in [0.29, 0.717) is 5.75 Å². The van der Waals surface area contributed by atoms with Gasteiger partial charge in [-0.05, 0) is 30.7 Å². The molecular formula is C18H17N3O2. The van der Waals surface area contributed by atoms with Crippen LogP contribution >= 0.6 is 0 Å². The highest BCUT2D eigenvalue weighted by atomic mass is 16.5. The Labute approximate surface area is 134 Å². The van der Waals surface area contributed by atoms with Gasteiger partial charge in [-0.1, -0.05) is 30.3 Å². The van der Waals surface area contributed by atoms with Gasteiger partial charge in [0.05, 0.1) is 12.0 Å². The number of carbonyl (C=O) groups is 1. The number of nitrogens with zero attached hydrogens (tertiary/aromatic N) is 2. The van der Waals surface area contributed by atoms with E-state index in [1.54, 1.807) is 12.5 Å². The van der Waals surface area contributed by atoms with Crippen molar-refractivity contribution in [2.75, 3.05) is 11.9 Å². The maximum Gasteiger partial charge on any atom is 0.262 e. The van der Waals surface area contributed by atoms with Gasteiger partial charge in [-0.3, -0.25) is 4.79 Å². The Balaban J connectivity index is 1.67. The third-order valence-corrected chi connectivity index (χ3v) is 3.43. The molecule has 23 heavy (non-hydrogen) atoms. The predicted octanol–water partition coefficient (Wildman–Crippen LogP) is 3.20. The molecule has 0 atom stereocenters. The number of amides is 1. The summed E-state index contributed by atoms with van der Waals surface area (Å²) in [6, 6.07) is 15.2. The lowest BCUT2D eigenvalue weighted by molar-refractivity contribution is -0.118. The number of rotatable bonds is 5. The summed E-state index contributed by atoms with van der Waals surface area (Å²) in [6.45, 7) is 1.89. The largest absolute Gasteiger partial charge is 0.482 e. The molecule has 5 heteroatoms. The molecule has 0 fully saturated rings. The third kappa shape index (κ3) is 3.58. The van der Waals surface area contributed by atoms with Crippen LogP contribution < -0.4 is 10.1 Å². The zero-order valence-corrected chi connectivity index (χ0v) is 12.8. The fourth-order valence-electron chi connectivity index (χ4n) is 2.24. The van der Waals surface area contributed by atoms with Crippen molar-refractivity contribution < 1.29 is 9.53 Å². The summed E-state index contributed by atoms with van der Waals surface area (Å²) < 4.78 is 7.52. The zero-order valence-electron chi connectivity index (χ0n) is 12.8. The van der Waals surface area contributed by atoms with Gasteiger partial charge in [0.1, 0.15) is 5.75 Å². The highest BCUT2D eigenvalue weighted by Crippen LogP contribution is 2.22. The summed E-state index contributed by atoms with van der Waals surface area (Å²) in [5.74, 6) is 0.435. The monoisotopic (exact) mass is 307 g/mol. The molecule has 1 heterocycles. The Morgan fingerprint density at radius 2 is 1.96 bits per heavy atom. The van der Waals surface area contributed by atoms with E-state index in [4.69, 9.17) is 4.74 Å². The van der Waals surface area contributed by atoms with Crippen LogP contribution in [-0.2, 0) is 4.79 Å². The molecule has 0 aliphatic rings. The first kappa shape index (κ1) is 14.8. The van der Waals surface area contributed by atoms with Crippen LogP contribution in [0.25, 0.3) is 5.69 Å². The molecule has 0 saturated carbocycles. The highest BCUT2D eigenvalue weighted by Gasteiger charge is 2.09. The van der Waals surface area contributed by atoms with Crippen LogP contribution in [0.4, 0.5) is 5.69 Å². The molecule has 0 bridgehead atoms. The smallest absolute Gasteiger partial charge is 0.262 e. The second-order valence-electron chi connectivity index (χ2n) is 5.09. The van der Waals surface area contributed by atoms with Crippen molar-refractivity contribution in [2.45, 2.75) is 6.92 Å². The average Bonchev–Trinajstić information content (AvgIpc) is 3.10. The standard InChI is InChI=1S/C18H17N3O2/c1-14-6-2-3-7-15(14)20-18(22)12-23-17-9-5-4-8-16(17)21-11-10-19-13-21/h2-11,13H,12H2,1H3,(H,20,22). The normalized spacial score (nSPS) is 10.3. The summed E-state index contributed by atoms with van der Waals surface area (Å²) in [5.41, 5.74) is 2.65. The summed E-state index contributed by atoms with van der Waals surface area (Å²) in [5, 5.41) is 2.85. The van der Waals surface area contributed by atoms with Crippen LogP contribution in [0.2, 0.25) is 0 Å². The number of carbonyl (C=O) groups excluding carboxylic acids is 1. The maximum absolute atomic E-state index is 12.1. The van der Waals surface area contributed by atoms with Crippen LogP contribution in [0.3, 0.4) is 0 Å². The van der Waals surface area contributed by atoms with Crippen molar-refractivity contribution in [3.63, 3.8) is 0 Å². The average molecular weight is 307 g/mol. The fourth-order valence-corrected chi connectivity index (χ4v) is 2.24. The summed E-state index contributed by atoms with van der Waals surface area (Å²) in [7, 11) is 0. The first-order valence-corrected chi connectivity index (χ1v) is 7.29. The molecule has 3 rings (SSSR count). The molecule has 0 spiro atoms. The van der Waals surface area contributed by atoms with Crippen LogP contribution in [0.5, 0.6) is 5.75 Å². The van der Waals surface area contributed by atoms with E-state index in [0.717, 1.165) is 16.9 Å². The molecule has 2 aromatic carbocycles. The number of nitrogens with one attached hydrogen (secondary N) is 1. The van der Waals surface area contributed by atoms with E-state index in [9.17, 15) is 4.79 Å². The van der Waals surface area contributed by atoms with Gasteiger partial charge in [-0.25, -0.2) is 4.98 Å². The Morgan fingerprint density at radius 3 is 2.74 bits per heavy atom. The van der Waals surface area contributed by atoms with E-state index in [1.165, 1.54) is 0 Å². The molecule has 0 aliphatic carbocycles. The van der Waals surface area contributed by atoms with Gasteiger partial charge in [0.15, 0.2) is 6.61 Å². The fraction of sp³-hybridized carbons (Fsp3) is 0.111. The van der Waals surface area contributed by atoms with Gasteiger partial charge < -0.3 is 14.6 Å². The molecule has 1 aromatic heterocycles. The Hall–Kier alpha value is -3.08. The second-order valence-corrected chi connectivity index (χ2v) is 5.09. The molecule has 5 nitrogen and oxygen atoms in total. The SMILES string of the molecule is Cc1ccccc1NC(=O)COc1ccccc1-n1ccnc1. The van der Waals surface area contributed by atoms with Gasteiger partial charge in [0.2, 0.25) is 0 Å². The Bertz CT molecular complexity index is 798. The minimum absolute atomic E-state index is 0.0555. The first-order valence-electron chi connectivity index (χ1n) is 7.29. The van der Waals surface area contributed by atoms with Crippen molar-refractivity contribution in [1.82, 2.24) is 9.55 Å². The lowest BCUT2D eigenvalue weighted by Crippen LogP contribution is -2.21. The van der Waals surface area contributed by atoms with E-state index < -0.39 is 0 Å². The Kier molecular flexibility index (Phi) is 4.38. The Morgan fingerprint density at radius 1 is 1.17 bits per heavy atom. The predicted molar refractivity (Wildman–Crippen MR) is 88.9 cm³/mol. The van der Waals surface area contributed by atoms with Crippen molar-refractivity contribution in [1.29, 1.82) is 0 Å². The first-order chi connectivity index (χ1) is 11.2. The summed E-state index contributed by atoms with van der Waals surface area (Å²) in [6.07, 6.45) is 5.22. The molecular weight excluding hydrogens is 290 g/mol. The van der Waals surface area contributed by atoms with Gasteiger partial charge in [-0.15, -0.1) is 0 Å². The van der Waals surface area contributed by atoms with Crippen molar-refractivity contribution in [3.8, 4) is 11.4 Å². The van der Waals surface area contributed by atoms with Crippen molar-refractivity contribution >= 4 is 11.6 Å². The quantitative estimate of drug-likeness (QED) is 0.787. The number of benzene rings is 2. The third-order valence-electron chi connectivity index (χ3n) is 3.43. The molecule has 0 aliphatic heterocycles. The highest BCUT2D eigenvalue weighted by molar-refractivity contribution is 5.92. The summed E-state index contributed by atoms with van der Waals surface area (Å²) in [4.78, 5) is 16.1. The van der Waals surface area contributed by atoms with E-state index >= 15 is 0 Å². The minimum atomic E-state index is -0.195. The number of hydrogen-bond donors (Lipinski definition) is 1. The molecule has 1 amide bonds. The van der Waals surface area contributed by atoms with E-state index in [1.807, 2.05) is 66.2 Å². The van der Waals surface area contributed by atoms with Crippen molar-refractivity contribution in [2.24, 2.45) is 0 Å². The van der Waals surface area contributed by atoms with Gasteiger partial charge in [-0.2, -0.15) is 0 Å². The zero-order chi connectivity index (χ0) is 16.1. The number of para-hydroxylation sites is 3. The van der Waals surface area contributed by atoms with Crippen LogP contribution in [-0.4, -0.2) is 22.1 Å². The number of aromatic nitrogens is 2. The van der Waals surface area contributed by atoms with E-state index in [2.05, 4.69) is 10.3 Å².